The number of aromatic nitrogens is 4. The molecule has 0 saturated heterocycles. The molecule has 0 aliphatic rings. The molecular weight excluding hydrogens is 258 g/mol. The zero-order valence-corrected chi connectivity index (χ0v) is 9.53. The van der Waals surface area contributed by atoms with E-state index in [-0.39, 0.29) is 0 Å². The Kier molecular flexibility index (Phi) is 3.29. The zero-order valence-electron chi connectivity index (χ0n) is 7.94. The highest BCUT2D eigenvalue weighted by molar-refractivity contribution is 9.10. The van der Waals surface area contributed by atoms with Gasteiger partial charge in [0.2, 0.25) is 0 Å². The summed E-state index contributed by atoms with van der Waals surface area (Å²) in [6.07, 6.45) is 7.61. The Bertz CT molecular complexity index is 414. The van der Waals surface area contributed by atoms with Gasteiger partial charge in [0.25, 0.3) is 0 Å². The summed E-state index contributed by atoms with van der Waals surface area (Å²) in [5.41, 5.74) is 1.10. The van der Waals surface area contributed by atoms with E-state index in [9.17, 15) is 0 Å². The monoisotopic (exact) mass is 267 g/mol. The van der Waals surface area contributed by atoms with Crippen molar-refractivity contribution >= 4 is 21.7 Å². The van der Waals surface area contributed by atoms with Crippen LogP contribution in [0.25, 0.3) is 0 Å². The normalized spacial score (nSPS) is 10.2. The summed E-state index contributed by atoms with van der Waals surface area (Å²) in [5, 5.41) is 3.21. The third kappa shape index (κ3) is 2.76. The maximum Gasteiger partial charge on any atom is 0.143 e. The summed E-state index contributed by atoms with van der Waals surface area (Å²) >= 11 is 3.37. The number of aromatic amines is 1. The Balaban J connectivity index is 1.86. The highest BCUT2D eigenvalue weighted by atomic mass is 79.9. The van der Waals surface area contributed by atoms with Crippen molar-refractivity contribution in [3.05, 3.63) is 35.2 Å². The van der Waals surface area contributed by atoms with E-state index in [1.54, 1.807) is 12.5 Å². The molecule has 2 aromatic rings. The number of anilines is 1. The van der Waals surface area contributed by atoms with Crippen LogP contribution in [0, 0.1) is 0 Å². The summed E-state index contributed by atoms with van der Waals surface area (Å²) in [5.74, 6) is 0.810. The Hall–Kier alpha value is -1.43. The quantitative estimate of drug-likeness (QED) is 0.884. The van der Waals surface area contributed by atoms with Crippen LogP contribution in [0.15, 0.2) is 29.5 Å². The second-order valence-electron chi connectivity index (χ2n) is 2.97. The van der Waals surface area contributed by atoms with Crippen LogP contribution in [0.5, 0.6) is 0 Å². The summed E-state index contributed by atoms with van der Waals surface area (Å²) in [4.78, 5) is 15.0. The van der Waals surface area contributed by atoms with E-state index in [2.05, 4.69) is 41.2 Å². The van der Waals surface area contributed by atoms with Gasteiger partial charge in [-0.15, -0.1) is 0 Å². The van der Waals surface area contributed by atoms with Crippen LogP contribution in [0.1, 0.15) is 5.69 Å². The number of H-pyrrole nitrogens is 1. The van der Waals surface area contributed by atoms with Crippen LogP contribution in [0.2, 0.25) is 0 Å². The van der Waals surface area contributed by atoms with Crippen molar-refractivity contribution in [2.24, 2.45) is 0 Å². The summed E-state index contributed by atoms with van der Waals surface area (Å²) in [6.45, 7) is 0.803. The van der Waals surface area contributed by atoms with Gasteiger partial charge in [-0.3, -0.25) is 0 Å². The average molecular weight is 268 g/mol. The van der Waals surface area contributed by atoms with Gasteiger partial charge < -0.3 is 10.3 Å². The van der Waals surface area contributed by atoms with Gasteiger partial charge in [0, 0.05) is 31.1 Å². The molecule has 0 bridgehead atoms. The third-order valence-corrected chi connectivity index (χ3v) is 2.49. The molecule has 0 aliphatic carbocycles. The number of rotatable bonds is 4. The molecule has 2 heterocycles. The van der Waals surface area contributed by atoms with Gasteiger partial charge in [0.1, 0.15) is 12.1 Å². The van der Waals surface area contributed by atoms with E-state index in [0.29, 0.717) is 0 Å². The molecule has 2 rings (SSSR count). The summed E-state index contributed by atoms with van der Waals surface area (Å²) in [7, 11) is 0. The van der Waals surface area contributed by atoms with E-state index in [4.69, 9.17) is 0 Å². The van der Waals surface area contributed by atoms with E-state index in [1.807, 2.05) is 6.20 Å². The lowest BCUT2D eigenvalue weighted by Gasteiger charge is -2.05. The van der Waals surface area contributed by atoms with Crippen molar-refractivity contribution in [3.63, 3.8) is 0 Å². The second-order valence-corrected chi connectivity index (χ2v) is 3.83. The molecule has 2 N–H and O–H groups in total. The van der Waals surface area contributed by atoms with Crippen molar-refractivity contribution in [1.29, 1.82) is 0 Å². The summed E-state index contributed by atoms with van der Waals surface area (Å²) < 4.78 is 0.870. The van der Waals surface area contributed by atoms with Gasteiger partial charge in [-0.2, -0.15) is 0 Å². The number of nitrogens with one attached hydrogen (secondary N) is 2. The first kappa shape index (κ1) is 10.1. The molecule has 0 saturated carbocycles. The second kappa shape index (κ2) is 4.88. The Morgan fingerprint density at radius 1 is 1.33 bits per heavy atom. The van der Waals surface area contributed by atoms with Gasteiger partial charge in [-0.1, -0.05) is 0 Å². The van der Waals surface area contributed by atoms with E-state index in [1.165, 1.54) is 6.33 Å². The van der Waals surface area contributed by atoms with Gasteiger partial charge in [0.15, 0.2) is 0 Å². The van der Waals surface area contributed by atoms with Crippen molar-refractivity contribution < 1.29 is 0 Å². The molecule has 0 atom stereocenters. The molecule has 0 unspecified atom stereocenters. The van der Waals surface area contributed by atoms with Crippen molar-refractivity contribution in [2.45, 2.75) is 6.42 Å². The number of hydrogen-bond donors (Lipinski definition) is 2. The lowest BCUT2D eigenvalue weighted by Crippen LogP contribution is -2.07. The fourth-order valence-corrected chi connectivity index (χ4v) is 1.54. The highest BCUT2D eigenvalue weighted by Crippen LogP contribution is 2.16. The molecule has 0 fully saturated rings. The molecule has 0 spiro atoms. The first-order chi connectivity index (χ1) is 7.36. The van der Waals surface area contributed by atoms with Crippen LogP contribution in [0.3, 0.4) is 0 Å². The minimum atomic E-state index is 0.803. The fraction of sp³-hybridized carbons (Fsp3) is 0.222. The Morgan fingerprint density at radius 2 is 2.27 bits per heavy atom. The van der Waals surface area contributed by atoms with Crippen LogP contribution in [0.4, 0.5) is 5.82 Å². The fourth-order valence-electron chi connectivity index (χ4n) is 1.18. The molecule has 0 aromatic carbocycles. The lowest BCUT2D eigenvalue weighted by atomic mass is 10.3. The molecule has 0 amide bonds. The van der Waals surface area contributed by atoms with Crippen LogP contribution in [-0.2, 0) is 6.42 Å². The van der Waals surface area contributed by atoms with Crippen molar-refractivity contribution in [3.8, 4) is 0 Å². The van der Waals surface area contributed by atoms with Gasteiger partial charge in [0.05, 0.1) is 10.8 Å². The number of nitrogens with zero attached hydrogens (tertiary/aromatic N) is 3. The maximum absolute atomic E-state index is 4.10. The van der Waals surface area contributed by atoms with E-state index >= 15 is 0 Å². The van der Waals surface area contributed by atoms with E-state index < -0.39 is 0 Å². The largest absolute Gasteiger partial charge is 0.369 e. The minimum absolute atomic E-state index is 0.803. The zero-order chi connectivity index (χ0) is 10.5. The van der Waals surface area contributed by atoms with Crippen molar-refractivity contribution in [2.75, 3.05) is 11.9 Å². The molecule has 5 nitrogen and oxygen atoms in total. The number of imidazole rings is 1. The molecule has 2 aromatic heterocycles. The molecule has 78 valence electrons. The standard InChI is InChI=1S/C9H10BrN5/c10-8-4-12-6-15-9(8)13-2-1-7-3-11-5-14-7/h3-6H,1-2H2,(H,11,14)(H,12,13,15). The third-order valence-electron chi connectivity index (χ3n) is 1.91. The van der Waals surface area contributed by atoms with Gasteiger partial charge in [-0.05, 0) is 15.9 Å². The first-order valence-electron chi connectivity index (χ1n) is 4.53. The van der Waals surface area contributed by atoms with Gasteiger partial charge in [-0.25, -0.2) is 15.0 Å². The van der Waals surface area contributed by atoms with Crippen LogP contribution in [-0.4, -0.2) is 26.5 Å². The first-order valence-corrected chi connectivity index (χ1v) is 5.32. The predicted molar refractivity (Wildman–Crippen MR) is 60.5 cm³/mol. The van der Waals surface area contributed by atoms with Crippen LogP contribution < -0.4 is 5.32 Å². The topological polar surface area (TPSA) is 66.5 Å². The Morgan fingerprint density at radius 3 is 3.00 bits per heavy atom. The molecule has 6 heteroatoms. The maximum atomic E-state index is 4.10. The van der Waals surface area contributed by atoms with Gasteiger partial charge >= 0.3 is 0 Å². The Labute approximate surface area is 95.5 Å². The molecular formula is C9H10BrN5. The minimum Gasteiger partial charge on any atom is -0.369 e. The van der Waals surface area contributed by atoms with Crippen molar-refractivity contribution in [1.82, 2.24) is 19.9 Å². The predicted octanol–water partition coefficient (Wildman–Crippen LogP) is 1.62. The average Bonchev–Trinajstić information content (AvgIpc) is 2.74. The lowest BCUT2D eigenvalue weighted by molar-refractivity contribution is 0.961. The van der Waals surface area contributed by atoms with Crippen LogP contribution >= 0.6 is 15.9 Å². The molecule has 0 aliphatic heterocycles. The highest BCUT2D eigenvalue weighted by Gasteiger charge is 1.99. The smallest absolute Gasteiger partial charge is 0.143 e. The van der Waals surface area contributed by atoms with E-state index in [0.717, 1.165) is 29.0 Å². The molecule has 0 radical (unpaired) electrons. The summed E-state index contributed by atoms with van der Waals surface area (Å²) in [6, 6.07) is 0. The molecule has 15 heavy (non-hydrogen) atoms. The number of hydrogen-bond acceptors (Lipinski definition) is 4. The SMILES string of the molecule is Brc1cncnc1NCCc1cnc[nH]1. The number of halogens is 1.